The van der Waals surface area contributed by atoms with Crippen LogP contribution in [-0.2, 0) is 9.59 Å². The van der Waals surface area contributed by atoms with Crippen molar-refractivity contribution in [3.05, 3.63) is 35.9 Å². The van der Waals surface area contributed by atoms with E-state index >= 15 is 0 Å². The second-order valence-corrected chi connectivity index (χ2v) is 5.94. The van der Waals surface area contributed by atoms with Gasteiger partial charge in [-0.15, -0.1) is 0 Å². The Morgan fingerprint density at radius 2 is 1.82 bits per heavy atom. The smallest absolute Gasteiger partial charge is 0.227 e. The Kier molecular flexibility index (Phi) is 5.55. The second kappa shape index (κ2) is 7.40. The van der Waals surface area contributed by atoms with Gasteiger partial charge in [0.2, 0.25) is 11.8 Å². The van der Waals surface area contributed by atoms with Gasteiger partial charge in [0, 0.05) is 32.1 Å². The van der Waals surface area contributed by atoms with Crippen LogP contribution in [0.25, 0.3) is 0 Å². The Morgan fingerprint density at radius 1 is 1.23 bits per heavy atom. The molecular weight excluding hydrogens is 278 g/mol. The van der Waals surface area contributed by atoms with Crippen molar-refractivity contribution < 1.29 is 9.59 Å². The van der Waals surface area contributed by atoms with Gasteiger partial charge >= 0.3 is 0 Å². The van der Waals surface area contributed by atoms with E-state index in [4.69, 9.17) is 5.73 Å². The summed E-state index contributed by atoms with van der Waals surface area (Å²) in [4.78, 5) is 26.1. The van der Waals surface area contributed by atoms with E-state index in [2.05, 4.69) is 5.32 Å². The molecule has 1 aromatic rings. The maximum Gasteiger partial charge on any atom is 0.227 e. The Labute approximate surface area is 131 Å². The molecular formula is C17H25N3O2. The molecule has 2 rings (SSSR count). The third kappa shape index (κ3) is 3.65. The molecule has 120 valence electrons. The number of hydrogen-bond acceptors (Lipinski definition) is 3. The maximum atomic E-state index is 12.6. The number of carbonyl (C=O) groups is 2. The van der Waals surface area contributed by atoms with Crippen molar-refractivity contribution in [2.75, 3.05) is 20.1 Å². The molecule has 2 unspecified atom stereocenters. The largest absolute Gasteiger partial charge is 0.359 e. The number of benzene rings is 1. The predicted octanol–water partition coefficient (Wildman–Crippen LogP) is 1.31. The van der Waals surface area contributed by atoms with Gasteiger partial charge in [-0.1, -0.05) is 37.3 Å². The van der Waals surface area contributed by atoms with E-state index in [0.29, 0.717) is 13.1 Å². The van der Waals surface area contributed by atoms with Crippen molar-refractivity contribution in [2.45, 2.75) is 25.8 Å². The number of nitrogens with two attached hydrogens (primary N) is 1. The normalized spacial score (nSPS) is 18.6. The molecule has 0 aliphatic carbocycles. The van der Waals surface area contributed by atoms with Crippen molar-refractivity contribution in [3.8, 4) is 0 Å². The molecule has 5 heteroatoms. The summed E-state index contributed by atoms with van der Waals surface area (Å²) >= 11 is 0. The molecule has 5 nitrogen and oxygen atoms in total. The molecule has 3 N–H and O–H groups in total. The van der Waals surface area contributed by atoms with Gasteiger partial charge in [-0.3, -0.25) is 9.59 Å². The third-order valence-corrected chi connectivity index (χ3v) is 4.54. The second-order valence-electron chi connectivity index (χ2n) is 5.94. The molecule has 0 radical (unpaired) electrons. The predicted molar refractivity (Wildman–Crippen MR) is 85.9 cm³/mol. The molecule has 0 bridgehead atoms. The fraction of sp³-hybridized carbons (Fsp3) is 0.529. The molecule has 0 spiro atoms. The first kappa shape index (κ1) is 16.5. The van der Waals surface area contributed by atoms with Crippen molar-refractivity contribution in [1.82, 2.24) is 10.2 Å². The molecule has 2 atom stereocenters. The first-order valence-corrected chi connectivity index (χ1v) is 7.85. The van der Waals surface area contributed by atoms with Crippen LogP contribution in [0.4, 0.5) is 0 Å². The molecule has 1 aliphatic heterocycles. The zero-order valence-corrected chi connectivity index (χ0v) is 13.3. The zero-order valence-electron chi connectivity index (χ0n) is 13.3. The standard InChI is InChI=1S/C17H25N3O2/c1-12(15(18)13-6-4-3-5-7-13)17(22)20-10-8-14(9-11-20)16(21)19-2/h3-7,12,14-15H,8-11,18H2,1-2H3,(H,19,21). The molecule has 2 amide bonds. The van der Waals surface area contributed by atoms with Gasteiger partial charge in [-0.2, -0.15) is 0 Å². The third-order valence-electron chi connectivity index (χ3n) is 4.54. The van der Waals surface area contributed by atoms with E-state index in [1.165, 1.54) is 0 Å². The van der Waals surface area contributed by atoms with E-state index in [1.54, 1.807) is 7.05 Å². The summed E-state index contributed by atoms with van der Waals surface area (Å²) in [6.07, 6.45) is 1.44. The van der Waals surface area contributed by atoms with E-state index in [9.17, 15) is 9.59 Å². The molecule has 0 aromatic heterocycles. The lowest BCUT2D eigenvalue weighted by Crippen LogP contribution is -2.45. The summed E-state index contributed by atoms with van der Waals surface area (Å²) in [5.74, 6) is -0.0982. The SMILES string of the molecule is CNC(=O)C1CCN(C(=O)C(C)C(N)c2ccccc2)CC1. The zero-order chi connectivity index (χ0) is 16.1. The number of likely N-dealkylation sites (tertiary alicyclic amines) is 1. The highest BCUT2D eigenvalue weighted by atomic mass is 16.2. The summed E-state index contributed by atoms with van der Waals surface area (Å²) < 4.78 is 0. The number of piperidine rings is 1. The minimum atomic E-state index is -0.301. The van der Waals surface area contributed by atoms with Gasteiger partial charge in [-0.05, 0) is 18.4 Å². The molecule has 1 heterocycles. The van der Waals surface area contributed by atoms with E-state index in [0.717, 1.165) is 18.4 Å². The summed E-state index contributed by atoms with van der Waals surface area (Å²) in [7, 11) is 1.65. The van der Waals surface area contributed by atoms with Gasteiger partial charge in [0.1, 0.15) is 0 Å². The van der Waals surface area contributed by atoms with Gasteiger partial charge in [0.15, 0.2) is 0 Å². The van der Waals surface area contributed by atoms with Crippen LogP contribution >= 0.6 is 0 Å². The molecule has 1 aromatic carbocycles. The van der Waals surface area contributed by atoms with Crippen molar-refractivity contribution >= 4 is 11.8 Å². The van der Waals surface area contributed by atoms with Gasteiger partial charge in [0.25, 0.3) is 0 Å². The van der Waals surface area contributed by atoms with Crippen molar-refractivity contribution in [1.29, 1.82) is 0 Å². The first-order valence-electron chi connectivity index (χ1n) is 7.85. The Bertz CT molecular complexity index is 510. The minimum absolute atomic E-state index is 0.0205. The van der Waals surface area contributed by atoms with Crippen LogP contribution in [0.15, 0.2) is 30.3 Å². The lowest BCUT2D eigenvalue weighted by atomic mass is 9.91. The lowest BCUT2D eigenvalue weighted by molar-refractivity contribution is -0.139. The van der Waals surface area contributed by atoms with Crippen LogP contribution < -0.4 is 11.1 Å². The molecule has 1 saturated heterocycles. The van der Waals surface area contributed by atoms with E-state index in [-0.39, 0.29) is 29.7 Å². The number of nitrogens with one attached hydrogen (secondary N) is 1. The Morgan fingerprint density at radius 3 is 2.36 bits per heavy atom. The number of nitrogens with zero attached hydrogens (tertiary/aromatic N) is 1. The molecule has 22 heavy (non-hydrogen) atoms. The first-order chi connectivity index (χ1) is 10.5. The summed E-state index contributed by atoms with van der Waals surface area (Å²) in [5.41, 5.74) is 7.21. The van der Waals surface area contributed by atoms with Crippen LogP contribution in [0.5, 0.6) is 0 Å². The highest BCUT2D eigenvalue weighted by molar-refractivity contribution is 5.81. The quantitative estimate of drug-likeness (QED) is 0.880. The highest BCUT2D eigenvalue weighted by Gasteiger charge is 2.31. The van der Waals surface area contributed by atoms with Gasteiger partial charge in [0.05, 0.1) is 5.92 Å². The molecule has 1 aliphatic rings. The average Bonchev–Trinajstić information content (AvgIpc) is 2.60. The average molecular weight is 303 g/mol. The minimum Gasteiger partial charge on any atom is -0.359 e. The van der Waals surface area contributed by atoms with Crippen molar-refractivity contribution in [3.63, 3.8) is 0 Å². The van der Waals surface area contributed by atoms with Gasteiger partial charge in [-0.25, -0.2) is 0 Å². The lowest BCUT2D eigenvalue weighted by Gasteiger charge is -2.34. The number of rotatable bonds is 4. The van der Waals surface area contributed by atoms with E-state index < -0.39 is 0 Å². The number of amides is 2. The van der Waals surface area contributed by atoms with E-state index in [1.807, 2.05) is 42.2 Å². The summed E-state index contributed by atoms with van der Waals surface area (Å²) in [5, 5.41) is 2.68. The fourth-order valence-corrected chi connectivity index (χ4v) is 2.97. The Hall–Kier alpha value is -1.88. The van der Waals surface area contributed by atoms with Crippen LogP contribution in [0.3, 0.4) is 0 Å². The monoisotopic (exact) mass is 303 g/mol. The topological polar surface area (TPSA) is 75.4 Å². The van der Waals surface area contributed by atoms with Crippen LogP contribution in [0, 0.1) is 11.8 Å². The van der Waals surface area contributed by atoms with Crippen LogP contribution in [0.2, 0.25) is 0 Å². The molecule has 0 saturated carbocycles. The molecule has 1 fully saturated rings. The van der Waals surface area contributed by atoms with Crippen molar-refractivity contribution in [2.24, 2.45) is 17.6 Å². The number of carbonyl (C=O) groups excluding carboxylic acids is 2. The Balaban J connectivity index is 1.93. The van der Waals surface area contributed by atoms with Crippen LogP contribution in [-0.4, -0.2) is 36.9 Å². The van der Waals surface area contributed by atoms with Crippen LogP contribution in [0.1, 0.15) is 31.4 Å². The number of hydrogen-bond donors (Lipinski definition) is 2. The fourth-order valence-electron chi connectivity index (χ4n) is 2.97. The maximum absolute atomic E-state index is 12.6. The summed E-state index contributed by atoms with van der Waals surface area (Å²) in [6, 6.07) is 9.40. The highest BCUT2D eigenvalue weighted by Crippen LogP contribution is 2.24. The summed E-state index contributed by atoms with van der Waals surface area (Å²) in [6.45, 7) is 3.14. The van der Waals surface area contributed by atoms with Gasteiger partial charge < -0.3 is 16.0 Å².